The van der Waals surface area contributed by atoms with Crippen molar-refractivity contribution in [3.05, 3.63) is 24.3 Å². The maximum absolute atomic E-state index is 12.1. The summed E-state index contributed by atoms with van der Waals surface area (Å²) >= 11 is 0. The van der Waals surface area contributed by atoms with Gasteiger partial charge in [0.25, 0.3) is 0 Å². The first-order chi connectivity index (χ1) is 11.4. The third-order valence-electron chi connectivity index (χ3n) is 3.75. The first kappa shape index (κ1) is 18.1. The summed E-state index contributed by atoms with van der Waals surface area (Å²) in [5, 5.41) is 14.5. The van der Waals surface area contributed by atoms with Gasteiger partial charge in [0, 0.05) is 30.9 Å². The Morgan fingerprint density at radius 2 is 2.04 bits per heavy atom. The quantitative estimate of drug-likeness (QED) is 0.741. The minimum atomic E-state index is -0.817. The lowest BCUT2D eigenvalue weighted by Gasteiger charge is -2.31. The normalized spacial score (nSPS) is 16.0. The number of nitrogens with zero attached hydrogens (tertiary/aromatic N) is 1. The molecular formula is C17H25N3O4. The Balaban J connectivity index is 1.78. The largest absolute Gasteiger partial charge is 0.491 e. The van der Waals surface area contributed by atoms with Gasteiger partial charge in [-0.05, 0) is 38.8 Å². The number of carbonyl (C=O) groups is 2. The molecule has 1 aliphatic rings. The summed E-state index contributed by atoms with van der Waals surface area (Å²) in [4.78, 5) is 24.7. The number of ether oxygens (including phenoxy) is 1. The Morgan fingerprint density at radius 1 is 1.33 bits per heavy atom. The SMILES string of the molecule is CC(C)Oc1cccc(NC(=O)NC2CCN(CC(=O)O)CC2)c1. The molecule has 0 aromatic heterocycles. The van der Waals surface area contributed by atoms with Gasteiger partial charge < -0.3 is 20.5 Å². The number of carboxylic acids is 1. The van der Waals surface area contributed by atoms with E-state index >= 15 is 0 Å². The average molecular weight is 335 g/mol. The van der Waals surface area contributed by atoms with Crippen molar-refractivity contribution in [3.63, 3.8) is 0 Å². The van der Waals surface area contributed by atoms with E-state index in [4.69, 9.17) is 9.84 Å². The van der Waals surface area contributed by atoms with Crippen LogP contribution in [0.3, 0.4) is 0 Å². The van der Waals surface area contributed by atoms with Crippen LogP contribution in [0, 0.1) is 0 Å². The number of rotatable bonds is 6. The van der Waals surface area contributed by atoms with Crippen LogP contribution in [-0.4, -0.2) is 53.8 Å². The van der Waals surface area contributed by atoms with Gasteiger partial charge >= 0.3 is 12.0 Å². The van der Waals surface area contributed by atoms with Crippen molar-refractivity contribution < 1.29 is 19.4 Å². The van der Waals surface area contributed by atoms with Crippen molar-refractivity contribution in [1.29, 1.82) is 0 Å². The molecule has 0 saturated carbocycles. The number of nitrogens with one attached hydrogen (secondary N) is 2. The highest BCUT2D eigenvalue weighted by molar-refractivity contribution is 5.89. The number of carboxylic acid groups (broad SMARTS) is 1. The van der Waals surface area contributed by atoms with Crippen LogP contribution in [0.2, 0.25) is 0 Å². The van der Waals surface area contributed by atoms with E-state index in [2.05, 4.69) is 10.6 Å². The van der Waals surface area contributed by atoms with E-state index in [1.165, 1.54) is 0 Å². The van der Waals surface area contributed by atoms with E-state index in [1.807, 2.05) is 36.9 Å². The molecule has 3 N–H and O–H groups in total. The standard InChI is InChI=1S/C17H25N3O4/c1-12(2)24-15-5-3-4-14(10-15)19-17(23)18-13-6-8-20(9-7-13)11-16(21)22/h3-5,10,12-13H,6-9,11H2,1-2H3,(H,21,22)(H2,18,19,23). The van der Waals surface area contributed by atoms with Gasteiger partial charge in [-0.15, -0.1) is 0 Å². The summed E-state index contributed by atoms with van der Waals surface area (Å²) in [6, 6.07) is 7.08. The van der Waals surface area contributed by atoms with Gasteiger partial charge in [0.15, 0.2) is 0 Å². The lowest BCUT2D eigenvalue weighted by molar-refractivity contribution is -0.138. The average Bonchev–Trinajstić information content (AvgIpc) is 2.48. The van der Waals surface area contributed by atoms with Crippen LogP contribution < -0.4 is 15.4 Å². The Morgan fingerprint density at radius 3 is 2.67 bits per heavy atom. The number of benzene rings is 1. The molecule has 0 radical (unpaired) electrons. The molecule has 1 fully saturated rings. The molecule has 7 heteroatoms. The fraction of sp³-hybridized carbons (Fsp3) is 0.529. The molecule has 0 bridgehead atoms. The minimum absolute atomic E-state index is 0.0571. The first-order valence-corrected chi connectivity index (χ1v) is 8.21. The monoisotopic (exact) mass is 335 g/mol. The molecule has 1 heterocycles. The van der Waals surface area contributed by atoms with E-state index in [0.717, 1.165) is 12.8 Å². The molecule has 1 aromatic carbocycles. The molecule has 1 aliphatic heterocycles. The highest BCUT2D eigenvalue weighted by Crippen LogP contribution is 2.18. The van der Waals surface area contributed by atoms with Gasteiger partial charge in [-0.1, -0.05) is 6.07 Å². The molecule has 1 saturated heterocycles. The van der Waals surface area contributed by atoms with E-state index in [1.54, 1.807) is 6.07 Å². The molecule has 0 aliphatic carbocycles. The number of hydrogen-bond donors (Lipinski definition) is 3. The summed E-state index contributed by atoms with van der Waals surface area (Å²) < 4.78 is 5.60. The molecule has 132 valence electrons. The number of amides is 2. The molecule has 24 heavy (non-hydrogen) atoms. The molecule has 0 atom stereocenters. The van der Waals surface area contributed by atoms with E-state index < -0.39 is 5.97 Å². The van der Waals surface area contributed by atoms with Crippen molar-refractivity contribution >= 4 is 17.7 Å². The second kappa shape index (κ2) is 8.54. The number of piperidine rings is 1. The van der Waals surface area contributed by atoms with E-state index in [0.29, 0.717) is 24.5 Å². The van der Waals surface area contributed by atoms with Gasteiger partial charge in [0.05, 0.1) is 12.6 Å². The van der Waals surface area contributed by atoms with Gasteiger partial charge in [0.1, 0.15) is 5.75 Å². The van der Waals surface area contributed by atoms with Gasteiger partial charge in [-0.3, -0.25) is 9.69 Å². The van der Waals surface area contributed by atoms with Crippen LogP contribution in [0.4, 0.5) is 10.5 Å². The lowest BCUT2D eigenvalue weighted by atomic mass is 10.1. The Labute approximate surface area is 142 Å². The number of likely N-dealkylation sites (tertiary alicyclic amines) is 1. The van der Waals surface area contributed by atoms with Crippen molar-refractivity contribution in [2.45, 2.75) is 38.8 Å². The van der Waals surface area contributed by atoms with Crippen LogP contribution >= 0.6 is 0 Å². The second-order valence-corrected chi connectivity index (χ2v) is 6.24. The molecule has 1 aromatic rings. The third kappa shape index (κ3) is 6.08. The predicted octanol–water partition coefficient (Wildman–Crippen LogP) is 2.14. The smallest absolute Gasteiger partial charge is 0.319 e. The highest BCUT2D eigenvalue weighted by Gasteiger charge is 2.21. The van der Waals surface area contributed by atoms with E-state index in [-0.39, 0.29) is 24.7 Å². The number of hydrogen-bond acceptors (Lipinski definition) is 4. The Kier molecular flexibility index (Phi) is 6.43. The third-order valence-corrected chi connectivity index (χ3v) is 3.75. The van der Waals surface area contributed by atoms with Crippen molar-refractivity contribution in [1.82, 2.24) is 10.2 Å². The van der Waals surface area contributed by atoms with Crippen LogP contribution in [0.25, 0.3) is 0 Å². The van der Waals surface area contributed by atoms with Crippen molar-refractivity contribution in [2.75, 3.05) is 25.0 Å². The van der Waals surface area contributed by atoms with Gasteiger partial charge in [-0.25, -0.2) is 4.79 Å². The molecule has 0 unspecified atom stereocenters. The fourth-order valence-corrected chi connectivity index (χ4v) is 2.70. The zero-order chi connectivity index (χ0) is 17.5. The predicted molar refractivity (Wildman–Crippen MR) is 91.5 cm³/mol. The van der Waals surface area contributed by atoms with Crippen LogP contribution in [0.1, 0.15) is 26.7 Å². The van der Waals surface area contributed by atoms with Gasteiger partial charge in [-0.2, -0.15) is 0 Å². The Bertz CT molecular complexity index is 569. The van der Waals surface area contributed by atoms with Crippen LogP contribution in [0.5, 0.6) is 5.75 Å². The maximum Gasteiger partial charge on any atom is 0.319 e. The summed E-state index contributed by atoms with van der Waals surface area (Å²) in [5.74, 6) is -0.104. The van der Waals surface area contributed by atoms with Gasteiger partial charge in [0.2, 0.25) is 0 Å². The summed E-state index contributed by atoms with van der Waals surface area (Å²) in [6.07, 6.45) is 1.57. The topological polar surface area (TPSA) is 90.9 Å². The zero-order valence-electron chi connectivity index (χ0n) is 14.1. The summed E-state index contributed by atoms with van der Waals surface area (Å²) in [6.45, 7) is 5.30. The van der Waals surface area contributed by atoms with Crippen LogP contribution in [-0.2, 0) is 4.79 Å². The number of anilines is 1. The van der Waals surface area contributed by atoms with Crippen molar-refractivity contribution in [3.8, 4) is 5.75 Å². The summed E-state index contributed by atoms with van der Waals surface area (Å²) in [7, 11) is 0. The number of carbonyl (C=O) groups excluding carboxylic acids is 1. The second-order valence-electron chi connectivity index (χ2n) is 6.24. The van der Waals surface area contributed by atoms with Crippen molar-refractivity contribution in [2.24, 2.45) is 0 Å². The molecule has 7 nitrogen and oxygen atoms in total. The zero-order valence-corrected chi connectivity index (χ0v) is 14.1. The van der Waals surface area contributed by atoms with Crippen LogP contribution in [0.15, 0.2) is 24.3 Å². The maximum atomic E-state index is 12.1. The molecule has 2 rings (SSSR count). The number of aliphatic carboxylic acids is 1. The lowest BCUT2D eigenvalue weighted by Crippen LogP contribution is -2.47. The molecule has 0 spiro atoms. The Hall–Kier alpha value is -2.28. The minimum Gasteiger partial charge on any atom is -0.491 e. The number of urea groups is 1. The molecule has 2 amide bonds. The fourth-order valence-electron chi connectivity index (χ4n) is 2.70. The summed E-state index contributed by atoms with van der Waals surface area (Å²) in [5.41, 5.74) is 0.675. The molecular weight excluding hydrogens is 310 g/mol. The first-order valence-electron chi connectivity index (χ1n) is 8.21. The van der Waals surface area contributed by atoms with E-state index in [9.17, 15) is 9.59 Å². The highest BCUT2D eigenvalue weighted by atomic mass is 16.5.